The first-order chi connectivity index (χ1) is 25.3. The lowest BCUT2D eigenvalue weighted by molar-refractivity contribution is -0.131. The van der Waals surface area contributed by atoms with Crippen LogP contribution in [-0.4, -0.2) is 95.1 Å². The Morgan fingerprint density at radius 3 is 2.23 bits per heavy atom. The molecule has 0 radical (unpaired) electrons. The molecule has 3 saturated heterocycles. The van der Waals surface area contributed by atoms with Crippen molar-refractivity contribution in [3.63, 3.8) is 0 Å². The lowest BCUT2D eigenvalue weighted by Crippen LogP contribution is -2.44. The molecule has 4 aliphatic rings. The first-order valence-corrected chi connectivity index (χ1v) is 19.1. The molecule has 3 aliphatic heterocycles. The number of pyridine rings is 1. The SMILES string of the molecule is NC(=O)c1ncc(N2CCCCC2)nc1Cc1ccc(C2CCN(CC3CCN(c4ccc(C(=O)NC5CCC(=O)CC5=O)nc4)CC3)CC2)cc1. The Labute approximate surface area is 305 Å². The fourth-order valence-corrected chi connectivity index (χ4v) is 8.27. The predicted octanol–water partition coefficient (Wildman–Crippen LogP) is 4.07. The minimum atomic E-state index is -0.608. The first-order valence-electron chi connectivity index (χ1n) is 19.1. The van der Waals surface area contributed by atoms with Crippen molar-refractivity contribution in [1.29, 1.82) is 0 Å². The van der Waals surface area contributed by atoms with Crippen LogP contribution in [-0.2, 0) is 16.0 Å². The fourth-order valence-electron chi connectivity index (χ4n) is 8.27. The van der Waals surface area contributed by atoms with Crippen LogP contribution >= 0.6 is 0 Å². The third kappa shape index (κ3) is 8.66. The number of nitrogens with zero attached hydrogens (tertiary/aromatic N) is 6. The standard InChI is InChI=1S/C40H50N8O4/c41-39(51)38-35(44-37(25-43-38)48-16-2-1-3-17-48)22-27-4-6-29(7-5-27)30-14-18-46(19-15-30)26-28-12-20-47(21-13-28)31-8-10-34(42-24-31)40(52)45-33-11-9-32(49)23-36(33)50/h4-8,10,24-25,28,30,33H,1-3,9,11-23,26H2,(H2,41,51)(H,45,52). The number of hydrogen-bond acceptors (Lipinski definition) is 10. The van der Waals surface area contributed by atoms with Crippen LogP contribution in [0.2, 0.25) is 0 Å². The van der Waals surface area contributed by atoms with Gasteiger partial charge >= 0.3 is 0 Å². The summed E-state index contributed by atoms with van der Waals surface area (Å²) in [6.07, 6.45) is 12.6. The number of rotatable bonds is 10. The average Bonchev–Trinajstić information content (AvgIpc) is 3.17. The molecule has 1 aliphatic carbocycles. The van der Waals surface area contributed by atoms with Crippen molar-refractivity contribution in [2.75, 3.05) is 55.6 Å². The van der Waals surface area contributed by atoms with Gasteiger partial charge in [0.05, 0.1) is 36.2 Å². The van der Waals surface area contributed by atoms with E-state index in [1.807, 2.05) is 6.07 Å². The topological polar surface area (TPSA) is 155 Å². The molecule has 1 aromatic carbocycles. The number of nitrogens with one attached hydrogen (secondary N) is 1. The summed E-state index contributed by atoms with van der Waals surface area (Å²) in [5, 5.41) is 2.75. The molecule has 12 heteroatoms. The van der Waals surface area contributed by atoms with E-state index in [0.29, 0.717) is 36.8 Å². The summed E-state index contributed by atoms with van der Waals surface area (Å²) in [6.45, 7) is 7.18. The van der Waals surface area contributed by atoms with Crippen LogP contribution in [0.5, 0.6) is 0 Å². The van der Waals surface area contributed by atoms with Crippen molar-refractivity contribution in [2.45, 2.75) is 82.6 Å². The number of hydrogen-bond donors (Lipinski definition) is 2. The normalized spacial score (nSPS) is 21.0. The Balaban J connectivity index is 0.850. The molecular weight excluding hydrogens is 656 g/mol. The van der Waals surface area contributed by atoms with Crippen molar-refractivity contribution >= 4 is 34.9 Å². The predicted molar refractivity (Wildman–Crippen MR) is 199 cm³/mol. The number of amides is 2. The van der Waals surface area contributed by atoms with E-state index < -0.39 is 11.9 Å². The van der Waals surface area contributed by atoms with Crippen LogP contribution in [0.15, 0.2) is 48.8 Å². The molecule has 7 rings (SSSR count). The Bertz CT molecular complexity index is 1740. The maximum absolute atomic E-state index is 12.7. The molecule has 52 heavy (non-hydrogen) atoms. The van der Waals surface area contributed by atoms with Crippen molar-refractivity contribution in [1.82, 2.24) is 25.2 Å². The number of primary amides is 1. The molecule has 1 saturated carbocycles. The summed E-state index contributed by atoms with van der Waals surface area (Å²) >= 11 is 0. The van der Waals surface area contributed by atoms with Gasteiger partial charge in [-0.25, -0.2) is 15.0 Å². The highest BCUT2D eigenvalue weighted by Gasteiger charge is 2.29. The number of carbonyl (C=O) groups is 4. The van der Waals surface area contributed by atoms with Crippen LogP contribution in [0.1, 0.15) is 108 Å². The van der Waals surface area contributed by atoms with Crippen molar-refractivity contribution in [3.05, 3.63) is 77.0 Å². The van der Waals surface area contributed by atoms with E-state index in [9.17, 15) is 19.2 Å². The number of nitrogens with two attached hydrogens (primary N) is 1. The van der Waals surface area contributed by atoms with Gasteiger partial charge in [0.25, 0.3) is 11.8 Å². The zero-order chi connectivity index (χ0) is 36.0. The van der Waals surface area contributed by atoms with Gasteiger partial charge in [0.1, 0.15) is 23.0 Å². The van der Waals surface area contributed by atoms with Crippen LogP contribution in [0.4, 0.5) is 11.5 Å². The highest BCUT2D eigenvalue weighted by atomic mass is 16.2. The molecule has 2 aromatic heterocycles. The van der Waals surface area contributed by atoms with E-state index in [0.717, 1.165) is 101 Å². The first kappa shape index (κ1) is 35.7. The van der Waals surface area contributed by atoms with Gasteiger partial charge in [-0.3, -0.25) is 19.2 Å². The van der Waals surface area contributed by atoms with E-state index >= 15 is 0 Å². The molecule has 0 spiro atoms. The maximum Gasteiger partial charge on any atom is 0.270 e. The second-order valence-electron chi connectivity index (χ2n) is 15.0. The number of piperidine rings is 3. The summed E-state index contributed by atoms with van der Waals surface area (Å²) in [5.74, 6) is 0.829. The molecule has 1 atom stereocenters. The quantitative estimate of drug-likeness (QED) is 0.295. The smallest absolute Gasteiger partial charge is 0.270 e. The van der Waals surface area contributed by atoms with E-state index in [1.165, 1.54) is 12.0 Å². The monoisotopic (exact) mass is 706 g/mol. The molecule has 5 heterocycles. The van der Waals surface area contributed by atoms with E-state index in [1.54, 1.807) is 18.5 Å². The van der Waals surface area contributed by atoms with E-state index in [2.05, 4.69) is 54.2 Å². The van der Waals surface area contributed by atoms with Crippen LogP contribution in [0.3, 0.4) is 0 Å². The van der Waals surface area contributed by atoms with Crippen molar-refractivity contribution in [2.24, 2.45) is 11.7 Å². The molecule has 274 valence electrons. The van der Waals surface area contributed by atoms with Crippen LogP contribution < -0.4 is 20.9 Å². The number of Topliss-reactive ketones (excluding diaryl/α,β-unsaturated/α-hetero) is 2. The van der Waals surface area contributed by atoms with Gasteiger partial charge in [-0.2, -0.15) is 0 Å². The molecule has 3 aromatic rings. The van der Waals surface area contributed by atoms with Crippen LogP contribution in [0.25, 0.3) is 0 Å². The summed E-state index contributed by atoms with van der Waals surface area (Å²) in [4.78, 5) is 69.3. The van der Waals surface area contributed by atoms with E-state index in [-0.39, 0.29) is 35.3 Å². The third-order valence-corrected chi connectivity index (χ3v) is 11.4. The third-order valence-electron chi connectivity index (χ3n) is 11.4. The Hall–Kier alpha value is -4.71. The number of anilines is 2. The lowest BCUT2D eigenvalue weighted by atomic mass is 9.87. The number of likely N-dealkylation sites (tertiary alicyclic amines) is 1. The molecular formula is C40H50N8O4. The number of aromatic nitrogens is 3. The summed E-state index contributed by atoms with van der Waals surface area (Å²) in [5.41, 5.74) is 10.3. The van der Waals surface area contributed by atoms with Gasteiger partial charge in [-0.15, -0.1) is 0 Å². The van der Waals surface area contributed by atoms with Gasteiger partial charge < -0.3 is 25.8 Å². The number of carbonyl (C=O) groups excluding carboxylic acids is 4. The Morgan fingerprint density at radius 1 is 0.808 bits per heavy atom. The number of ketones is 2. The van der Waals surface area contributed by atoms with Crippen molar-refractivity contribution < 1.29 is 19.2 Å². The molecule has 1 unspecified atom stereocenters. The van der Waals surface area contributed by atoms with Gasteiger partial charge in [0.2, 0.25) is 0 Å². The largest absolute Gasteiger partial charge is 0.370 e. The van der Waals surface area contributed by atoms with Crippen molar-refractivity contribution in [3.8, 4) is 0 Å². The maximum atomic E-state index is 12.7. The molecule has 4 fully saturated rings. The van der Waals surface area contributed by atoms with E-state index in [4.69, 9.17) is 10.7 Å². The van der Waals surface area contributed by atoms with Gasteiger partial charge in [-0.1, -0.05) is 24.3 Å². The molecule has 2 amide bonds. The highest BCUT2D eigenvalue weighted by molar-refractivity contribution is 6.06. The minimum Gasteiger partial charge on any atom is -0.370 e. The zero-order valence-electron chi connectivity index (χ0n) is 30.0. The fraction of sp³-hybridized carbons (Fsp3) is 0.525. The zero-order valence-corrected chi connectivity index (χ0v) is 30.0. The summed E-state index contributed by atoms with van der Waals surface area (Å²) in [7, 11) is 0. The highest BCUT2D eigenvalue weighted by Crippen LogP contribution is 2.31. The Morgan fingerprint density at radius 2 is 1.56 bits per heavy atom. The van der Waals surface area contributed by atoms with Gasteiger partial charge in [0.15, 0.2) is 5.78 Å². The minimum absolute atomic E-state index is 0.0641. The second kappa shape index (κ2) is 16.3. The second-order valence-corrected chi connectivity index (χ2v) is 15.0. The summed E-state index contributed by atoms with van der Waals surface area (Å²) in [6, 6.07) is 11.9. The lowest BCUT2D eigenvalue weighted by Gasteiger charge is -2.38. The summed E-state index contributed by atoms with van der Waals surface area (Å²) < 4.78 is 0. The molecule has 12 nitrogen and oxygen atoms in total. The molecule has 0 bridgehead atoms. The van der Waals surface area contributed by atoms with Gasteiger partial charge in [-0.05, 0) is 99.6 Å². The number of benzene rings is 1. The molecule has 3 N–H and O–H groups in total. The van der Waals surface area contributed by atoms with Crippen LogP contribution in [0, 0.1) is 5.92 Å². The van der Waals surface area contributed by atoms with Gasteiger partial charge in [0, 0.05) is 45.6 Å². The Kier molecular flexibility index (Phi) is 11.2. The average molecular weight is 707 g/mol.